The highest BCUT2D eigenvalue weighted by Gasteiger charge is 2.18. The van der Waals surface area contributed by atoms with Crippen LogP contribution in [0, 0.1) is 5.82 Å². The SMILES string of the molecule is Fc1cccc(C(CBr)OCC2CCCO2)c1. The maximum Gasteiger partial charge on any atom is 0.123 e. The standard InChI is InChI=1S/C13H16BrFO2/c14-8-13(10-3-1-4-11(15)7-10)17-9-12-5-2-6-16-12/h1,3-4,7,12-13H,2,5-6,8-9H2. The van der Waals surface area contributed by atoms with Gasteiger partial charge >= 0.3 is 0 Å². The van der Waals surface area contributed by atoms with Gasteiger partial charge in [-0.3, -0.25) is 0 Å². The second kappa shape index (κ2) is 6.47. The van der Waals surface area contributed by atoms with Crippen molar-refractivity contribution >= 4 is 15.9 Å². The summed E-state index contributed by atoms with van der Waals surface area (Å²) in [5.41, 5.74) is 0.861. The lowest BCUT2D eigenvalue weighted by atomic mass is 10.1. The van der Waals surface area contributed by atoms with Gasteiger partial charge in [-0.25, -0.2) is 4.39 Å². The van der Waals surface area contributed by atoms with Gasteiger partial charge in [0.2, 0.25) is 0 Å². The molecule has 0 N–H and O–H groups in total. The van der Waals surface area contributed by atoms with E-state index in [0.717, 1.165) is 25.0 Å². The van der Waals surface area contributed by atoms with Crippen LogP contribution in [0.15, 0.2) is 24.3 Å². The molecule has 0 spiro atoms. The molecule has 1 aliphatic heterocycles. The van der Waals surface area contributed by atoms with Crippen molar-refractivity contribution in [2.75, 3.05) is 18.5 Å². The third-order valence-corrected chi connectivity index (χ3v) is 3.46. The number of ether oxygens (including phenoxy) is 2. The van der Waals surface area contributed by atoms with E-state index in [9.17, 15) is 4.39 Å². The Kier molecular flexibility index (Phi) is 4.95. The molecule has 1 saturated heterocycles. The van der Waals surface area contributed by atoms with Crippen LogP contribution in [0.5, 0.6) is 0 Å². The van der Waals surface area contributed by atoms with Crippen LogP contribution in [-0.2, 0) is 9.47 Å². The summed E-state index contributed by atoms with van der Waals surface area (Å²) < 4.78 is 24.4. The first-order valence-corrected chi connectivity index (χ1v) is 6.96. The fourth-order valence-electron chi connectivity index (χ4n) is 1.94. The van der Waals surface area contributed by atoms with Crippen molar-refractivity contribution in [2.24, 2.45) is 0 Å². The van der Waals surface area contributed by atoms with E-state index in [-0.39, 0.29) is 18.0 Å². The number of alkyl halides is 1. The predicted molar refractivity (Wildman–Crippen MR) is 67.9 cm³/mol. The molecule has 1 heterocycles. The Bertz CT molecular complexity index is 353. The lowest BCUT2D eigenvalue weighted by molar-refractivity contribution is -0.0128. The molecule has 1 aromatic rings. The first kappa shape index (κ1) is 13.0. The van der Waals surface area contributed by atoms with Gasteiger partial charge in [0.1, 0.15) is 5.82 Å². The highest BCUT2D eigenvalue weighted by atomic mass is 79.9. The minimum Gasteiger partial charge on any atom is -0.376 e. The fourth-order valence-corrected chi connectivity index (χ4v) is 2.50. The molecule has 0 saturated carbocycles. The smallest absolute Gasteiger partial charge is 0.123 e. The zero-order valence-electron chi connectivity index (χ0n) is 9.57. The molecule has 0 aromatic heterocycles. The highest BCUT2D eigenvalue weighted by molar-refractivity contribution is 9.09. The molecule has 2 rings (SSSR count). The molecule has 4 heteroatoms. The molecule has 94 valence electrons. The zero-order chi connectivity index (χ0) is 12.1. The summed E-state index contributed by atoms with van der Waals surface area (Å²) in [4.78, 5) is 0. The van der Waals surface area contributed by atoms with E-state index in [1.54, 1.807) is 6.07 Å². The topological polar surface area (TPSA) is 18.5 Å². The molecule has 2 atom stereocenters. The van der Waals surface area contributed by atoms with E-state index in [0.29, 0.717) is 11.9 Å². The normalized spacial score (nSPS) is 21.6. The number of benzene rings is 1. The number of hydrogen-bond acceptors (Lipinski definition) is 2. The van der Waals surface area contributed by atoms with Crippen LogP contribution >= 0.6 is 15.9 Å². The van der Waals surface area contributed by atoms with Gasteiger partial charge < -0.3 is 9.47 Å². The average Bonchev–Trinajstić information content (AvgIpc) is 2.83. The largest absolute Gasteiger partial charge is 0.376 e. The first-order chi connectivity index (χ1) is 8.29. The molecule has 1 aliphatic rings. The van der Waals surface area contributed by atoms with Crippen molar-refractivity contribution < 1.29 is 13.9 Å². The summed E-state index contributed by atoms with van der Waals surface area (Å²) in [5, 5.41) is 0.656. The van der Waals surface area contributed by atoms with Gasteiger partial charge in [0.15, 0.2) is 0 Å². The van der Waals surface area contributed by atoms with E-state index >= 15 is 0 Å². The summed E-state index contributed by atoms with van der Waals surface area (Å²) in [6.45, 7) is 1.40. The lowest BCUT2D eigenvalue weighted by Crippen LogP contribution is -2.17. The van der Waals surface area contributed by atoms with E-state index in [1.165, 1.54) is 12.1 Å². The van der Waals surface area contributed by atoms with Crippen LogP contribution in [0.4, 0.5) is 4.39 Å². The van der Waals surface area contributed by atoms with Crippen LogP contribution in [0.1, 0.15) is 24.5 Å². The second-order valence-corrected chi connectivity index (χ2v) is 4.81. The van der Waals surface area contributed by atoms with Gasteiger partial charge in [0.05, 0.1) is 18.8 Å². The van der Waals surface area contributed by atoms with Gasteiger partial charge in [-0.1, -0.05) is 28.1 Å². The minimum atomic E-state index is -0.228. The van der Waals surface area contributed by atoms with Crippen LogP contribution < -0.4 is 0 Å². The zero-order valence-corrected chi connectivity index (χ0v) is 11.2. The van der Waals surface area contributed by atoms with Crippen molar-refractivity contribution in [3.8, 4) is 0 Å². The Morgan fingerprint density at radius 3 is 3.06 bits per heavy atom. The van der Waals surface area contributed by atoms with Gasteiger partial charge in [0, 0.05) is 11.9 Å². The quantitative estimate of drug-likeness (QED) is 0.776. The van der Waals surface area contributed by atoms with Crippen molar-refractivity contribution in [1.82, 2.24) is 0 Å². The van der Waals surface area contributed by atoms with E-state index < -0.39 is 0 Å². The number of hydrogen-bond donors (Lipinski definition) is 0. The summed E-state index contributed by atoms with van der Waals surface area (Å²) in [6.07, 6.45) is 2.24. The van der Waals surface area contributed by atoms with E-state index in [1.807, 2.05) is 6.07 Å². The van der Waals surface area contributed by atoms with Gasteiger partial charge in [-0.05, 0) is 30.5 Å². The molecule has 0 amide bonds. The molecule has 1 fully saturated rings. The average molecular weight is 303 g/mol. The number of rotatable bonds is 5. The highest BCUT2D eigenvalue weighted by Crippen LogP contribution is 2.22. The molecule has 2 unspecified atom stereocenters. The third-order valence-electron chi connectivity index (χ3n) is 2.87. The second-order valence-electron chi connectivity index (χ2n) is 4.17. The monoisotopic (exact) mass is 302 g/mol. The maximum atomic E-state index is 13.1. The number of halogens is 2. The van der Waals surface area contributed by atoms with E-state index in [4.69, 9.17) is 9.47 Å². The van der Waals surface area contributed by atoms with Crippen LogP contribution in [0.25, 0.3) is 0 Å². The Morgan fingerprint density at radius 1 is 1.53 bits per heavy atom. The maximum absolute atomic E-state index is 13.1. The van der Waals surface area contributed by atoms with Crippen molar-refractivity contribution in [1.29, 1.82) is 0 Å². The predicted octanol–water partition coefficient (Wildman–Crippen LogP) is 3.46. The van der Waals surface area contributed by atoms with Crippen LogP contribution in [0.2, 0.25) is 0 Å². The molecular formula is C13H16BrFO2. The van der Waals surface area contributed by atoms with E-state index in [2.05, 4.69) is 15.9 Å². The van der Waals surface area contributed by atoms with Crippen LogP contribution in [0.3, 0.4) is 0 Å². The minimum absolute atomic E-state index is 0.116. The molecular weight excluding hydrogens is 287 g/mol. The van der Waals surface area contributed by atoms with Gasteiger partial charge in [0.25, 0.3) is 0 Å². The Balaban J connectivity index is 1.91. The molecule has 17 heavy (non-hydrogen) atoms. The Morgan fingerprint density at radius 2 is 2.41 bits per heavy atom. The molecule has 0 bridgehead atoms. The molecule has 0 aliphatic carbocycles. The summed E-state index contributed by atoms with van der Waals surface area (Å²) in [5.74, 6) is -0.228. The Labute approximate surface area is 109 Å². The Hall–Kier alpha value is -0.450. The lowest BCUT2D eigenvalue weighted by Gasteiger charge is -2.18. The third kappa shape index (κ3) is 3.76. The summed E-state index contributed by atoms with van der Waals surface area (Å²) >= 11 is 3.40. The van der Waals surface area contributed by atoms with Crippen molar-refractivity contribution in [2.45, 2.75) is 25.0 Å². The van der Waals surface area contributed by atoms with Crippen LogP contribution in [-0.4, -0.2) is 24.6 Å². The van der Waals surface area contributed by atoms with Gasteiger partial charge in [-0.15, -0.1) is 0 Å². The van der Waals surface area contributed by atoms with Gasteiger partial charge in [-0.2, -0.15) is 0 Å². The summed E-state index contributed by atoms with van der Waals surface area (Å²) in [6, 6.07) is 6.54. The molecule has 1 aromatic carbocycles. The van der Waals surface area contributed by atoms with Crippen molar-refractivity contribution in [3.63, 3.8) is 0 Å². The van der Waals surface area contributed by atoms with Crippen molar-refractivity contribution in [3.05, 3.63) is 35.6 Å². The summed E-state index contributed by atoms with van der Waals surface area (Å²) in [7, 11) is 0. The molecule has 2 nitrogen and oxygen atoms in total. The first-order valence-electron chi connectivity index (χ1n) is 5.84. The fraction of sp³-hybridized carbons (Fsp3) is 0.538. The molecule has 0 radical (unpaired) electrons.